The Morgan fingerprint density at radius 2 is 2.25 bits per heavy atom. The van der Waals surface area contributed by atoms with E-state index in [1.165, 1.54) is 0 Å². The van der Waals surface area contributed by atoms with Gasteiger partial charge in [0.15, 0.2) is 0 Å². The molecule has 0 aromatic carbocycles. The summed E-state index contributed by atoms with van der Waals surface area (Å²) in [5.41, 5.74) is 6.60. The standard InChI is InChI=1S/C4H9N2OS/c1-6(2)8-4(7)3-5/h5H,3H2,1-2H3. The number of nitrogens with zero attached hydrogens (tertiary/aromatic N) is 1. The second-order valence-electron chi connectivity index (χ2n) is 1.45. The average molecular weight is 133 g/mol. The molecule has 0 saturated heterocycles. The largest absolute Gasteiger partial charge is 0.284 e. The van der Waals surface area contributed by atoms with Gasteiger partial charge in [0.2, 0.25) is 5.12 Å². The van der Waals surface area contributed by atoms with Crippen LogP contribution in [0.2, 0.25) is 0 Å². The monoisotopic (exact) mass is 133 g/mol. The van der Waals surface area contributed by atoms with E-state index in [1.54, 1.807) is 18.4 Å². The van der Waals surface area contributed by atoms with E-state index in [2.05, 4.69) is 0 Å². The van der Waals surface area contributed by atoms with Crippen LogP contribution in [0.5, 0.6) is 0 Å². The van der Waals surface area contributed by atoms with Gasteiger partial charge in [0, 0.05) is 0 Å². The van der Waals surface area contributed by atoms with E-state index in [0.29, 0.717) is 0 Å². The van der Waals surface area contributed by atoms with E-state index in [1.807, 2.05) is 0 Å². The lowest BCUT2D eigenvalue weighted by molar-refractivity contribution is -0.110. The van der Waals surface area contributed by atoms with Crippen LogP contribution in [0.3, 0.4) is 0 Å². The van der Waals surface area contributed by atoms with Crippen molar-refractivity contribution in [3.8, 4) is 0 Å². The molecule has 0 aliphatic carbocycles. The average Bonchev–Trinajstić information content (AvgIpc) is 1.65. The Hall–Kier alpha value is -0.0600. The Morgan fingerprint density at radius 3 is 2.38 bits per heavy atom. The quantitative estimate of drug-likeness (QED) is 0.498. The molecule has 0 fully saturated rings. The van der Waals surface area contributed by atoms with Crippen LogP contribution in [0.1, 0.15) is 0 Å². The Bertz CT molecular complexity index is 84.1. The smallest absolute Gasteiger partial charge is 0.219 e. The van der Waals surface area contributed by atoms with E-state index in [9.17, 15) is 4.79 Å². The SMILES string of the molecule is CN(C)SC(=O)C[NH]. The molecule has 0 atom stereocenters. The minimum absolute atomic E-state index is 0.116. The molecule has 0 aliphatic rings. The summed E-state index contributed by atoms with van der Waals surface area (Å²) in [5, 5.41) is -0.116. The van der Waals surface area contributed by atoms with Crippen molar-refractivity contribution >= 4 is 17.1 Å². The molecule has 0 heterocycles. The van der Waals surface area contributed by atoms with Gasteiger partial charge in [0.25, 0.3) is 0 Å². The number of rotatable bonds is 2. The van der Waals surface area contributed by atoms with E-state index in [4.69, 9.17) is 5.73 Å². The van der Waals surface area contributed by atoms with Crippen LogP contribution in [0.4, 0.5) is 0 Å². The molecule has 0 bridgehead atoms. The molecule has 0 aliphatic heterocycles. The van der Waals surface area contributed by atoms with Gasteiger partial charge in [-0.1, -0.05) is 0 Å². The van der Waals surface area contributed by atoms with Gasteiger partial charge in [-0.05, 0) is 26.0 Å². The van der Waals surface area contributed by atoms with Gasteiger partial charge >= 0.3 is 0 Å². The minimum Gasteiger partial charge on any atom is -0.284 e. The van der Waals surface area contributed by atoms with Crippen LogP contribution in [0.25, 0.3) is 0 Å². The third-order valence-corrected chi connectivity index (χ3v) is 1.14. The van der Waals surface area contributed by atoms with Gasteiger partial charge in [-0.3, -0.25) is 9.10 Å². The van der Waals surface area contributed by atoms with Crippen LogP contribution in [-0.2, 0) is 4.79 Å². The maximum Gasteiger partial charge on any atom is 0.219 e. The van der Waals surface area contributed by atoms with Gasteiger partial charge in [-0.2, -0.15) is 0 Å². The first-order chi connectivity index (χ1) is 3.66. The maximum atomic E-state index is 10.4. The summed E-state index contributed by atoms with van der Waals surface area (Å²) in [6.07, 6.45) is 0. The number of carbonyl (C=O) groups is 1. The van der Waals surface area contributed by atoms with Gasteiger partial charge in [0.1, 0.15) is 0 Å². The lowest BCUT2D eigenvalue weighted by atomic mass is 10.8. The number of carbonyl (C=O) groups excluding carboxylic acids is 1. The molecule has 0 amide bonds. The van der Waals surface area contributed by atoms with Crippen molar-refractivity contribution in [2.24, 2.45) is 0 Å². The second kappa shape index (κ2) is 3.88. The van der Waals surface area contributed by atoms with Crippen LogP contribution < -0.4 is 5.73 Å². The summed E-state index contributed by atoms with van der Waals surface area (Å²) in [7, 11) is 3.55. The van der Waals surface area contributed by atoms with Crippen molar-refractivity contribution < 1.29 is 4.79 Å². The number of hydrogen-bond donors (Lipinski definition) is 0. The van der Waals surface area contributed by atoms with Crippen molar-refractivity contribution in [1.82, 2.24) is 10.0 Å². The van der Waals surface area contributed by atoms with Crippen LogP contribution in [0.15, 0.2) is 0 Å². The molecule has 3 nitrogen and oxygen atoms in total. The van der Waals surface area contributed by atoms with E-state index in [-0.39, 0.29) is 11.7 Å². The zero-order valence-corrected chi connectivity index (χ0v) is 5.79. The molecule has 47 valence electrons. The van der Waals surface area contributed by atoms with Gasteiger partial charge in [-0.15, -0.1) is 0 Å². The molecule has 8 heavy (non-hydrogen) atoms. The second-order valence-corrected chi connectivity index (χ2v) is 2.82. The molecular weight excluding hydrogens is 124 g/mol. The highest BCUT2D eigenvalue weighted by atomic mass is 32.2. The highest BCUT2D eigenvalue weighted by Gasteiger charge is 1.99. The molecular formula is C4H9N2OS. The summed E-state index contributed by atoms with van der Waals surface area (Å²) in [5.74, 6) is 0. The number of nitrogens with one attached hydrogen (secondary N) is 1. The van der Waals surface area contributed by atoms with Crippen molar-refractivity contribution in [2.45, 2.75) is 0 Å². The van der Waals surface area contributed by atoms with E-state index < -0.39 is 0 Å². The molecule has 1 radical (unpaired) electrons. The van der Waals surface area contributed by atoms with Crippen LogP contribution >= 0.6 is 11.9 Å². The summed E-state index contributed by atoms with van der Waals surface area (Å²) in [6, 6.07) is 0. The summed E-state index contributed by atoms with van der Waals surface area (Å²) in [6.45, 7) is -0.136. The third kappa shape index (κ3) is 4.11. The fraction of sp³-hybridized carbons (Fsp3) is 0.750. The molecule has 0 aromatic heterocycles. The minimum atomic E-state index is -0.136. The Balaban J connectivity index is 3.25. The summed E-state index contributed by atoms with van der Waals surface area (Å²) < 4.78 is 1.68. The van der Waals surface area contributed by atoms with Crippen molar-refractivity contribution in [1.29, 1.82) is 0 Å². The maximum absolute atomic E-state index is 10.4. The topological polar surface area (TPSA) is 44.1 Å². The van der Waals surface area contributed by atoms with E-state index >= 15 is 0 Å². The van der Waals surface area contributed by atoms with Gasteiger partial charge in [0.05, 0.1) is 6.54 Å². The van der Waals surface area contributed by atoms with Crippen molar-refractivity contribution in [2.75, 3.05) is 20.6 Å². The molecule has 0 aromatic rings. The lowest BCUT2D eigenvalue weighted by Crippen LogP contribution is -2.09. The summed E-state index contributed by atoms with van der Waals surface area (Å²) >= 11 is 1.06. The Morgan fingerprint density at radius 1 is 1.75 bits per heavy atom. The zero-order valence-electron chi connectivity index (χ0n) is 4.97. The number of hydrogen-bond acceptors (Lipinski definition) is 3. The zero-order chi connectivity index (χ0) is 6.57. The molecule has 1 N–H and O–H groups in total. The van der Waals surface area contributed by atoms with Crippen molar-refractivity contribution in [3.05, 3.63) is 0 Å². The fourth-order valence-corrected chi connectivity index (χ4v) is 0.708. The Kier molecular flexibility index (Phi) is 3.85. The highest BCUT2D eigenvalue weighted by Crippen LogP contribution is 2.01. The predicted octanol–water partition coefficient (Wildman–Crippen LogP) is 0.00570. The van der Waals surface area contributed by atoms with Crippen molar-refractivity contribution in [3.63, 3.8) is 0 Å². The summed E-state index contributed by atoms with van der Waals surface area (Å²) in [4.78, 5) is 10.4. The third-order valence-electron chi connectivity index (χ3n) is 0.429. The molecule has 0 unspecified atom stereocenters. The molecule has 0 rings (SSSR count). The first kappa shape index (κ1) is 7.94. The van der Waals surface area contributed by atoms with E-state index in [0.717, 1.165) is 11.9 Å². The Labute approximate surface area is 53.4 Å². The first-order valence-electron chi connectivity index (χ1n) is 2.19. The molecule has 0 saturated carbocycles. The van der Waals surface area contributed by atoms with Gasteiger partial charge in [-0.25, -0.2) is 5.73 Å². The first-order valence-corrected chi connectivity index (χ1v) is 2.97. The normalized spacial score (nSPS) is 10.0. The van der Waals surface area contributed by atoms with Gasteiger partial charge < -0.3 is 0 Å². The molecule has 4 heteroatoms. The lowest BCUT2D eigenvalue weighted by Gasteiger charge is -2.03. The fourth-order valence-electron chi connectivity index (χ4n) is 0.236. The molecule has 0 spiro atoms. The van der Waals surface area contributed by atoms with Crippen LogP contribution in [0, 0.1) is 0 Å². The predicted molar refractivity (Wildman–Crippen MR) is 34.2 cm³/mol. The van der Waals surface area contributed by atoms with Crippen LogP contribution in [-0.4, -0.2) is 30.1 Å². The highest BCUT2D eigenvalue weighted by molar-refractivity contribution is 8.11.